The molecule has 2 aromatic heterocycles. The van der Waals surface area contributed by atoms with Crippen molar-refractivity contribution < 1.29 is 0 Å². The first kappa shape index (κ1) is 16.5. The fourth-order valence-electron chi connectivity index (χ4n) is 3.60. The molecule has 3 heterocycles. The van der Waals surface area contributed by atoms with Crippen LogP contribution < -0.4 is 0 Å². The molecule has 4 rings (SSSR count). The summed E-state index contributed by atoms with van der Waals surface area (Å²) in [6.07, 6.45) is 8.29. The zero-order valence-electron chi connectivity index (χ0n) is 14.7. The van der Waals surface area contributed by atoms with E-state index in [0.717, 1.165) is 41.6 Å². The van der Waals surface area contributed by atoms with Crippen LogP contribution in [0.15, 0.2) is 35.7 Å². The molecule has 0 bridgehead atoms. The first-order chi connectivity index (χ1) is 12.2. The van der Waals surface area contributed by atoms with Gasteiger partial charge < -0.3 is 4.98 Å². The van der Waals surface area contributed by atoms with E-state index in [4.69, 9.17) is 4.98 Å². The van der Waals surface area contributed by atoms with Crippen molar-refractivity contribution >= 4 is 22.8 Å². The summed E-state index contributed by atoms with van der Waals surface area (Å²) in [6, 6.07) is 6.33. The smallest absolute Gasteiger partial charge is 0.187 e. The fraction of sp³-hybridized carbons (Fsp3) is 0.421. The van der Waals surface area contributed by atoms with Gasteiger partial charge in [0, 0.05) is 37.0 Å². The molecule has 1 N–H and O–H groups in total. The van der Waals surface area contributed by atoms with E-state index >= 15 is 0 Å². The highest BCUT2D eigenvalue weighted by molar-refractivity contribution is 7.98. The number of thioether (sulfide) groups is 1. The number of hydrogen-bond acceptors (Lipinski definition) is 5. The maximum absolute atomic E-state index is 4.89. The molecular formula is C19H23N5S. The molecular weight excluding hydrogens is 330 g/mol. The number of H-pyrrole nitrogens is 1. The monoisotopic (exact) mass is 353 g/mol. The topological polar surface area (TPSA) is 57.7 Å². The van der Waals surface area contributed by atoms with E-state index in [1.807, 2.05) is 18.6 Å². The highest BCUT2D eigenvalue weighted by Gasteiger charge is 2.24. The quantitative estimate of drug-likeness (QED) is 0.572. The fourth-order valence-corrected chi connectivity index (χ4v) is 3.91. The molecule has 3 aromatic rings. The zero-order valence-corrected chi connectivity index (χ0v) is 15.5. The van der Waals surface area contributed by atoms with Gasteiger partial charge in [-0.3, -0.25) is 4.90 Å². The van der Waals surface area contributed by atoms with Gasteiger partial charge in [0.15, 0.2) is 5.16 Å². The Bertz CT molecular complexity index is 858. The maximum Gasteiger partial charge on any atom is 0.187 e. The Labute approximate surface area is 152 Å². The standard InChI is InChI=1S/C19H23N5S/c1-13-5-3-7-16-17(13)23-18(22-16)15-6-4-8-24(12-15)11-14-9-20-19(25-2)21-10-14/h3,5,7,9-10,15H,4,6,8,11-12H2,1-2H3,(H,22,23). The summed E-state index contributed by atoms with van der Waals surface area (Å²) in [5.74, 6) is 1.59. The number of nitrogens with one attached hydrogen (secondary N) is 1. The number of benzene rings is 1. The molecule has 25 heavy (non-hydrogen) atoms. The number of aromatic nitrogens is 4. The van der Waals surface area contributed by atoms with Gasteiger partial charge in [-0.05, 0) is 44.2 Å². The Balaban J connectivity index is 1.48. The van der Waals surface area contributed by atoms with Gasteiger partial charge in [-0.2, -0.15) is 0 Å². The molecule has 1 unspecified atom stereocenters. The number of aryl methyl sites for hydroxylation is 1. The second-order valence-electron chi connectivity index (χ2n) is 6.75. The lowest BCUT2D eigenvalue weighted by Crippen LogP contribution is -2.34. The number of rotatable bonds is 4. The van der Waals surface area contributed by atoms with Gasteiger partial charge in [0.25, 0.3) is 0 Å². The number of para-hydroxylation sites is 1. The van der Waals surface area contributed by atoms with Gasteiger partial charge >= 0.3 is 0 Å². The second-order valence-corrected chi connectivity index (χ2v) is 7.52. The molecule has 1 saturated heterocycles. The molecule has 0 saturated carbocycles. The van der Waals surface area contributed by atoms with Crippen LogP contribution in [0.2, 0.25) is 0 Å². The number of piperidine rings is 1. The lowest BCUT2D eigenvalue weighted by molar-refractivity contribution is 0.196. The summed E-state index contributed by atoms with van der Waals surface area (Å²) in [5.41, 5.74) is 4.67. The molecule has 0 spiro atoms. The van der Waals surface area contributed by atoms with E-state index in [2.05, 4.69) is 45.0 Å². The third-order valence-corrected chi connectivity index (χ3v) is 5.47. The van der Waals surface area contributed by atoms with Crippen LogP contribution in [0.5, 0.6) is 0 Å². The van der Waals surface area contributed by atoms with Gasteiger partial charge in [0.2, 0.25) is 0 Å². The summed E-state index contributed by atoms with van der Waals surface area (Å²) >= 11 is 1.58. The van der Waals surface area contributed by atoms with E-state index in [9.17, 15) is 0 Å². The van der Waals surface area contributed by atoms with Gasteiger partial charge in [0.1, 0.15) is 5.82 Å². The summed E-state index contributed by atoms with van der Waals surface area (Å²) in [6.45, 7) is 5.19. The first-order valence-electron chi connectivity index (χ1n) is 8.75. The van der Waals surface area contributed by atoms with Gasteiger partial charge in [-0.15, -0.1) is 0 Å². The predicted molar refractivity (Wildman–Crippen MR) is 102 cm³/mol. The van der Waals surface area contributed by atoms with Crippen molar-refractivity contribution in [2.24, 2.45) is 0 Å². The number of likely N-dealkylation sites (tertiary alicyclic amines) is 1. The lowest BCUT2D eigenvalue weighted by atomic mass is 9.97. The maximum atomic E-state index is 4.89. The Morgan fingerprint density at radius 3 is 2.88 bits per heavy atom. The van der Waals surface area contributed by atoms with E-state index in [1.54, 1.807) is 11.8 Å². The van der Waals surface area contributed by atoms with Crippen LogP contribution in [0.4, 0.5) is 0 Å². The summed E-state index contributed by atoms with van der Waals surface area (Å²) in [5, 5.41) is 0.831. The average molecular weight is 353 g/mol. The number of nitrogens with zero attached hydrogens (tertiary/aromatic N) is 4. The summed E-state index contributed by atoms with van der Waals surface area (Å²) in [4.78, 5) is 19.7. The largest absolute Gasteiger partial charge is 0.342 e. The van der Waals surface area contributed by atoms with Gasteiger partial charge in [-0.25, -0.2) is 15.0 Å². The molecule has 0 amide bonds. The highest BCUT2D eigenvalue weighted by Crippen LogP contribution is 2.28. The first-order valence-corrected chi connectivity index (χ1v) is 9.98. The minimum absolute atomic E-state index is 0.465. The van der Waals surface area contributed by atoms with E-state index in [-0.39, 0.29) is 0 Å². The van der Waals surface area contributed by atoms with Crippen molar-refractivity contribution in [3.8, 4) is 0 Å². The number of aromatic amines is 1. The Kier molecular flexibility index (Phi) is 4.72. The number of fused-ring (bicyclic) bond motifs is 1. The molecule has 1 aliphatic rings. The van der Waals surface area contributed by atoms with E-state index < -0.39 is 0 Å². The zero-order chi connectivity index (χ0) is 17.2. The van der Waals surface area contributed by atoms with Crippen molar-refractivity contribution in [2.75, 3.05) is 19.3 Å². The van der Waals surface area contributed by atoms with E-state index in [1.165, 1.54) is 24.0 Å². The van der Waals surface area contributed by atoms with Crippen LogP contribution in [-0.2, 0) is 6.54 Å². The molecule has 1 fully saturated rings. The van der Waals surface area contributed by atoms with Crippen molar-refractivity contribution in [2.45, 2.75) is 37.4 Å². The van der Waals surface area contributed by atoms with Crippen molar-refractivity contribution in [3.63, 3.8) is 0 Å². The number of imidazole rings is 1. The molecule has 1 atom stereocenters. The normalized spacial score (nSPS) is 18.7. The number of hydrogen-bond donors (Lipinski definition) is 1. The van der Waals surface area contributed by atoms with E-state index in [0.29, 0.717) is 5.92 Å². The molecule has 130 valence electrons. The SMILES string of the molecule is CSc1ncc(CN2CCCC(c3nc4c(C)cccc4[nH]3)C2)cn1. The molecule has 1 aromatic carbocycles. The molecule has 6 heteroatoms. The summed E-state index contributed by atoms with van der Waals surface area (Å²) < 4.78 is 0. The average Bonchev–Trinajstić information content (AvgIpc) is 3.08. The van der Waals surface area contributed by atoms with Crippen molar-refractivity contribution in [3.05, 3.63) is 47.5 Å². The van der Waals surface area contributed by atoms with Crippen LogP contribution in [-0.4, -0.2) is 44.2 Å². The van der Waals surface area contributed by atoms with Gasteiger partial charge in [0.05, 0.1) is 11.0 Å². The molecule has 5 nitrogen and oxygen atoms in total. The van der Waals surface area contributed by atoms with Crippen LogP contribution >= 0.6 is 11.8 Å². The van der Waals surface area contributed by atoms with Crippen LogP contribution in [0.1, 0.15) is 35.7 Å². The highest BCUT2D eigenvalue weighted by atomic mass is 32.2. The van der Waals surface area contributed by atoms with Crippen LogP contribution in [0.25, 0.3) is 11.0 Å². The van der Waals surface area contributed by atoms with Gasteiger partial charge in [-0.1, -0.05) is 23.9 Å². The van der Waals surface area contributed by atoms with Crippen molar-refractivity contribution in [1.82, 2.24) is 24.8 Å². The van der Waals surface area contributed by atoms with Crippen LogP contribution in [0, 0.1) is 6.92 Å². The summed E-state index contributed by atoms with van der Waals surface area (Å²) in [7, 11) is 0. The lowest BCUT2D eigenvalue weighted by Gasteiger charge is -2.31. The Morgan fingerprint density at radius 2 is 2.12 bits per heavy atom. The molecule has 1 aliphatic heterocycles. The third-order valence-electron chi connectivity index (χ3n) is 4.90. The predicted octanol–water partition coefficient (Wildman–Crippen LogP) is 3.76. The van der Waals surface area contributed by atoms with Crippen LogP contribution in [0.3, 0.4) is 0 Å². The molecule has 0 radical (unpaired) electrons. The minimum atomic E-state index is 0.465. The molecule has 0 aliphatic carbocycles. The third kappa shape index (κ3) is 3.55. The minimum Gasteiger partial charge on any atom is -0.342 e. The van der Waals surface area contributed by atoms with Crippen molar-refractivity contribution in [1.29, 1.82) is 0 Å². The Hall–Kier alpha value is -1.92. The Morgan fingerprint density at radius 1 is 1.28 bits per heavy atom. The second kappa shape index (κ2) is 7.14.